The maximum atomic E-state index is 12.8. The molecule has 1 aliphatic rings. The Morgan fingerprint density at radius 3 is 2.30 bits per heavy atom. The number of nitrogens with one attached hydrogen (secondary N) is 4. The highest BCUT2D eigenvalue weighted by Crippen LogP contribution is 2.26. The maximum Gasteiger partial charge on any atom is 0.323 e. The van der Waals surface area contributed by atoms with E-state index in [1.165, 1.54) is 12.2 Å². The smallest absolute Gasteiger partial charge is 0.323 e. The van der Waals surface area contributed by atoms with Crippen molar-refractivity contribution in [2.24, 2.45) is 4.99 Å². The molecule has 2 aromatic carbocycles. The van der Waals surface area contributed by atoms with E-state index >= 15 is 0 Å². The fraction of sp³-hybridized carbons (Fsp3) is 0.286. The summed E-state index contributed by atoms with van der Waals surface area (Å²) in [5.74, 6) is -0.770. The van der Waals surface area contributed by atoms with E-state index in [-0.39, 0.29) is 30.3 Å². The Balaban J connectivity index is 1.87. The van der Waals surface area contributed by atoms with Gasteiger partial charge in [-0.05, 0) is 55.8 Å². The van der Waals surface area contributed by atoms with Crippen molar-refractivity contribution >= 4 is 50.5 Å². The van der Waals surface area contributed by atoms with E-state index in [0.29, 0.717) is 30.2 Å². The number of urea groups is 1. The van der Waals surface area contributed by atoms with Crippen LogP contribution in [-0.4, -0.2) is 57.7 Å². The maximum absolute atomic E-state index is 12.8. The number of allylic oxidation sites excluding steroid dienone is 2. The number of benzene rings is 2. The number of anilines is 2. The van der Waals surface area contributed by atoms with E-state index in [9.17, 15) is 22.8 Å². The molecule has 11 nitrogen and oxygen atoms in total. The number of likely N-dealkylation sites (N-methyl/N-ethyl adjacent to an activating group) is 1. The zero-order valence-electron chi connectivity index (χ0n) is 22.9. The van der Waals surface area contributed by atoms with Crippen LogP contribution in [0.1, 0.15) is 25.8 Å². The molecule has 0 fully saturated rings. The third-order valence-electron chi connectivity index (χ3n) is 5.89. The molecule has 0 spiro atoms. The van der Waals surface area contributed by atoms with Gasteiger partial charge in [0.15, 0.2) is 0 Å². The van der Waals surface area contributed by atoms with Crippen molar-refractivity contribution in [2.75, 3.05) is 36.1 Å². The van der Waals surface area contributed by atoms with Crippen molar-refractivity contribution in [1.82, 2.24) is 15.4 Å². The van der Waals surface area contributed by atoms with E-state index in [1.807, 2.05) is 43.0 Å². The van der Waals surface area contributed by atoms with Crippen molar-refractivity contribution in [3.8, 4) is 0 Å². The number of sulfonamides is 1. The Hall–Kier alpha value is -4.29. The van der Waals surface area contributed by atoms with Gasteiger partial charge in [0.05, 0.1) is 29.0 Å². The SMILES string of the molecule is CCC(=O)NC1=CC(=O)C(NC(=O)Nc2ccccc2)=CC1=Nc1ccc(N(CC)CCNS(C)(=O)=O)cc1C. The molecule has 0 aliphatic heterocycles. The summed E-state index contributed by atoms with van der Waals surface area (Å²) < 4.78 is 25.3. The molecular weight excluding hydrogens is 532 g/mol. The third-order valence-corrected chi connectivity index (χ3v) is 6.62. The normalized spacial score (nSPS) is 14.3. The fourth-order valence-electron chi connectivity index (χ4n) is 3.83. The molecular formula is C28H34N6O5S. The molecule has 0 saturated carbocycles. The Morgan fingerprint density at radius 1 is 0.950 bits per heavy atom. The lowest BCUT2D eigenvalue weighted by Gasteiger charge is -2.24. The van der Waals surface area contributed by atoms with Crippen molar-refractivity contribution in [1.29, 1.82) is 0 Å². The summed E-state index contributed by atoms with van der Waals surface area (Å²) in [7, 11) is -3.28. The van der Waals surface area contributed by atoms with Crippen molar-refractivity contribution < 1.29 is 22.8 Å². The number of aliphatic imine (C=N–C) groups is 1. The van der Waals surface area contributed by atoms with Crippen molar-refractivity contribution in [2.45, 2.75) is 27.2 Å². The molecule has 0 unspecified atom stereocenters. The molecule has 3 rings (SSSR count). The van der Waals surface area contributed by atoms with Crippen molar-refractivity contribution in [3.05, 3.63) is 77.6 Å². The molecule has 1 aliphatic carbocycles. The van der Waals surface area contributed by atoms with Crippen LogP contribution >= 0.6 is 0 Å². The minimum Gasteiger partial charge on any atom is -0.370 e. The molecule has 0 bridgehead atoms. The minimum absolute atomic E-state index is 0.00601. The predicted octanol–water partition coefficient (Wildman–Crippen LogP) is 3.14. The Bertz CT molecular complexity index is 1470. The number of amides is 3. The van der Waals surface area contributed by atoms with Crippen LogP contribution in [0.15, 0.2) is 77.1 Å². The van der Waals surface area contributed by atoms with Crippen LogP contribution in [0.2, 0.25) is 0 Å². The Labute approximate surface area is 234 Å². The summed E-state index contributed by atoms with van der Waals surface area (Å²) in [6.07, 6.45) is 4.00. The lowest BCUT2D eigenvalue weighted by Crippen LogP contribution is -2.36. The lowest BCUT2D eigenvalue weighted by molar-refractivity contribution is -0.119. The quantitative estimate of drug-likeness (QED) is 0.307. The van der Waals surface area contributed by atoms with Crippen LogP contribution in [0.4, 0.5) is 21.9 Å². The van der Waals surface area contributed by atoms with Gasteiger partial charge < -0.3 is 20.9 Å². The zero-order valence-corrected chi connectivity index (χ0v) is 23.8. The van der Waals surface area contributed by atoms with Crippen molar-refractivity contribution in [3.63, 3.8) is 0 Å². The molecule has 12 heteroatoms. The van der Waals surface area contributed by atoms with Gasteiger partial charge in [0.25, 0.3) is 0 Å². The van der Waals surface area contributed by atoms with Gasteiger partial charge >= 0.3 is 6.03 Å². The lowest BCUT2D eigenvalue weighted by atomic mass is 10.0. The number of ketones is 1. The number of carbonyl (C=O) groups excluding carboxylic acids is 3. The molecule has 0 atom stereocenters. The van der Waals surface area contributed by atoms with E-state index in [4.69, 9.17) is 4.99 Å². The number of aryl methyl sites for hydroxylation is 1. The topological polar surface area (TPSA) is 149 Å². The molecule has 0 heterocycles. The van der Waals surface area contributed by atoms with Gasteiger partial charge in [-0.15, -0.1) is 0 Å². The van der Waals surface area contributed by atoms with Gasteiger partial charge in [-0.25, -0.2) is 22.9 Å². The van der Waals surface area contributed by atoms with Gasteiger partial charge in [-0.3, -0.25) is 9.59 Å². The number of para-hydroxylation sites is 1. The molecule has 0 aromatic heterocycles. The number of hydrogen-bond acceptors (Lipinski definition) is 7. The number of carbonyl (C=O) groups is 3. The predicted molar refractivity (Wildman–Crippen MR) is 157 cm³/mol. The summed E-state index contributed by atoms with van der Waals surface area (Å²) >= 11 is 0. The van der Waals surface area contributed by atoms with Gasteiger partial charge in [0, 0.05) is 43.5 Å². The minimum atomic E-state index is -3.28. The van der Waals surface area contributed by atoms with Gasteiger partial charge in [-0.1, -0.05) is 25.1 Å². The zero-order chi connectivity index (χ0) is 29.3. The number of rotatable bonds is 11. The molecule has 2 aromatic rings. The summed E-state index contributed by atoms with van der Waals surface area (Å²) in [6, 6.07) is 13.8. The average molecular weight is 567 g/mol. The first-order chi connectivity index (χ1) is 19.0. The molecule has 3 amide bonds. The second-order valence-electron chi connectivity index (χ2n) is 9.04. The Morgan fingerprint density at radius 2 is 1.68 bits per heavy atom. The first kappa shape index (κ1) is 30.3. The first-order valence-electron chi connectivity index (χ1n) is 12.8. The molecule has 212 valence electrons. The largest absolute Gasteiger partial charge is 0.370 e. The van der Waals surface area contributed by atoms with E-state index in [1.54, 1.807) is 31.2 Å². The molecule has 0 radical (unpaired) electrons. The second kappa shape index (κ2) is 13.7. The van der Waals surface area contributed by atoms with Crippen LogP contribution in [0.5, 0.6) is 0 Å². The average Bonchev–Trinajstić information content (AvgIpc) is 2.90. The van der Waals surface area contributed by atoms with Crippen LogP contribution in [0, 0.1) is 6.92 Å². The number of hydrogen-bond donors (Lipinski definition) is 4. The highest BCUT2D eigenvalue weighted by molar-refractivity contribution is 7.88. The Kier molecular flexibility index (Phi) is 10.3. The summed E-state index contributed by atoms with van der Waals surface area (Å²) in [4.78, 5) is 44.2. The highest BCUT2D eigenvalue weighted by Gasteiger charge is 2.22. The molecule has 40 heavy (non-hydrogen) atoms. The summed E-state index contributed by atoms with van der Waals surface area (Å²) in [6.45, 7) is 6.97. The van der Waals surface area contributed by atoms with E-state index in [2.05, 4.69) is 20.7 Å². The van der Waals surface area contributed by atoms with Crippen LogP contribution in [0.3, 0.4) is 0 Å². The summed E-state index contributed by atoms with van der Waals surface area (Å²) in [5.41, 5.74) is 3.42. The van der Waals surface area contributed by atoms with E-state index < -0.39 is 21.8 Å². The van der Waals surface area contributed by atoms with E-state index in [0.717, 1.165) is 17.5 Å². The molecule has 4 N–H and O–H groups in total. The van der Waals surface area contributed by atoms with Gasteiger partial charge in [-0.2, -0.15) is 0 Å². The fourth-order valence-corrected chi connectivity index (χ4v) is 4.29. The molecule has 0 saturated heterocycles. The standard InChI is InChI=1S/C28H34N6O5S/c1-5-27(36)32-24-18-26(35)25(33-28(37)30-20-10-8-7-9-11-20)17-23(24)31-22-13-12-21(16-19(22)3)34(6-2)15-14-29-40(4,38)39/h7-13,16-18,29H,5-6,14-15H2,1-4H3,(H,32,36)(H2,30,33,37). The van der Waals surface area contributed by atoms with Gasteiger partial charge in [0.2, 0.25) is 21.7 Å². The number of nitrogens with zero attached hydrogens (tertiary/aromatic N) is 2. The highest BCUT2D eigenvalue weighted by atomic mass is 32.2. The first-order valence-corrected chi connectivity index (χ1v) is 14.7. The second-order valence-corrected chi connectivity index (χ2v) is 10.9. The van der Waals surface area contributed by atoms with Crippen LogP contribution in [0.25, 0.3) is 0 Å². The van der Waals surface area contributed by atoms with Crippen LogP contribution in [-0.2, 0) is 19.6 Å². The third kappa shape index (κ3) is 8.89. The van der Waals surface area contributed by atoms with Crippen LogP contribution < -0.4 is 25.6 Å². The van der Waals surface area contributed by atoms with Gasteiger partial charge in [0.1, 0.15) is 0 Å². The monoisotopic (exact) mass is 566 g/mol. The summed E-state index contributed by atoms with van der Waals surface area (Å²) in [5, 5.41) is 7.94.